The van der Waals surface area contributed by atoms with Gasteiger partial charge in [0.05, 0.1) is 23.8 Å². The number of fused-ring (bicyclic) bond motifs is 3. The molecule has 4 rings (SSSR count). The van der Waals surface area contributed by atoms with Crippen LogP contribution in [-0.4, -0.2) is 26.7 Å². The van der Waals surface area contributed by atoms with Crippen LogP contribution in [0.15, 0.2) is 42.7 Å². The van der Waals surface area contributed by atoms with Crippen LogP contribution in [0.25, 0.3) is 16.7 Å². The van der Waals surface area contributed by atoms with Gasteiger partial charge in [0.1, 0.15) is 12.1 Å². The average Bonchev–Trinajstić information content (AvgIpc) is 3.06. The molecule has 7 heteroatoms. The van der Waals surface area contributed by atoms with Gasteiger partial charge in [0.2, 0.25) is 5.65 Å². The quantitative estimate of drug-likeness (QED) is 0.611. The van der Waals surface area contributed by atoms with E-state index in [1.165, 1.54) is 0 Å². The standard InChI is InChI=1S/C17H14ClN5O/c1-10-3-6-15(24-2)13(7-10)21-16-17-22-19-9-23(17)14-8-11(18)4-5-12(14)20-16/h3-9H,1-2H3,(H,20,21). The van der Waals surface area contributed by atoms with Crippen LogP contribution in [0.4, 0.5) is 11.5 Å². The van der Waals surface area contributed by atoms with E-state index in [0.29, 0.717) is 16.5 Å². The van der Waals surface area contributed by atoms with Gasteiger partial charge < -0.3 is 10.1 Å². The zero-order valence-electron chi connectivity index (χ0n) is 13.1. The first kappa shape index (κ1) is 14.7. The maximum atomic E-state index is 6.10. The Bertz CT molecular complexity index is 1060. The van der Waals surface area contributed by atoms with E-state index < -0.39 is 0 Å². The number of aryl methyl sites for hydroxylation is 1. The van der Waals surface area contributed by atoms with Crippen molar-refractivity contribution in [2.75, 3.05) is 12.4 Å². The predicted octanol–water partition coefficient (Wildman–Crippen LogP) is 3.99. The van der Waals surface area contributed by atoms with Gasteiger partial charge in [-0.25, -0.2) is 4.98 Å². The molecule has 0 aliphatic rings. The van der Waals surface area contributed by atoms with Crippen LogP contribution in [0.2, 0.25) is 5.02 Å². The highest BCUT2D eigenvalue weighted by Gasteiger charge is 2.13. The SMILES string of the molecule is COc1ccc(C)cc1Nc1nc2ccc(Cl)cc2n2cnnc12. The molecule has 0 amide bonds. The Morgan fingerprint density at radius 1 is 1.17 bits per heavy atom. The first-order valence-corrected chi connectivity index (χ1v) is 7.74. The molecule has 0 saturated carbocycles. The number of halogens is 1. The minimum atomic E-state index is 0.603. The number of aromatic nitrogens is 4. The zero-order valence-corrected chi connectivity index (χ0v) is 13.9. The van der Waals surface area contributed by atoms with Crippen LogP contribution in [0.5, 0.6) is 5.75 Å². The van der Waals surface area contributed by atoms with Crippen LogP contribution in [0, 0.1) is 6.92 Å². The molecule has 0 bridgehead atoms. The molecular formula is C17H14ClN5O. The fraction of sp³-hybridized carbons (Fsp3) is 0.118. The fourth-order valence-corrected chi connectivity index (χ4v) is 2.82. The Morgan fingerprint density at radius 2 is 2.04 bits per heavy atom. The van der Waals surface area contributed by atoms with Gasteiger partial charge in [0.15, 0.2) is 5.82 Å². The van der Waals surface area contributed by atoms with Crippen LogP contribution >= 0.6 is 11.6 Å². The molecule has 1 N–H and O–H groups in total. The monoisotopic (exact) mass is 339 g/mol. The largest absolute Gasteiger partial charge is 0.495 e. The van der Waals surface area contributed by atoms with E-state index in [1.807, 2.05) is 47.7 Å². The van der Waals surface area contributed by atoms with Crippen molar-refractivity contribution in [3.63, 3.8) is 0 Å². The van der Waals surface area contributed by atoms with E-state index in [9.17, 15) is 0 Å². The number of ether oxygens (including phenoxy) is 1. The predicted molar refractivity (Wildman–Crippen MR) is 94.3 cm³/mol. The van der Waals surface area contributed by atoms with Crippen molar-refractivity contribution in [3.8, 4) is 5.75 Å². The lowest BCUT2D eigenvalue weighted by atomic mass is 10.2. The van der Waals surface area contributed by atoms with Crippen molar-refractivity contribution in [1.29, 1.82) is 0 Å². The lowest BCUT2D eigenvalue weighted by Crippen LogP contribution is -2.01. The van der Waals surface area contributed by atoms with Crippen molar-refractivity contribution >= 4 is 39.8 Å². The molecule has 0 atom stereocenters. The zero-order chi connectivity index (χ0) is 16.7. The Kier molecular flexibility index (Phi) is 3.46. The second-order valence-corrected chi connectivity index (χ2v) is 5.88. The van der Waals surface area contributed by atoms with E-state index in [0.717, 1.165) is 28.0 Å². The molecule has 0 aliphatic heterocycles. The number of nitrogens with zero attached hydrogens (tertiary/aromatic N) is 4. The summed E-state index contributed by atoms with van der Waals surface area (Å²) in [5, 5.41) is 12.1. The van der Waals surface area contributed by atoms with E-state index >= 15 is 0 Å². The van der Waals surface area contributed by atoms with Crippen molar-refractivity contribution in [1.82, 2.24) is 19.6 Å². The van der Waals surface area contributed by atoms with Crippen LogP contribution in [-0.2, 0) is 0 Å². The third kappa shape index (κ3) is 2.41. The number of hydrogen-bond acceptors (Lipinski definition) is 5. The Balaban J connectivity index is 1.92. The molecule has 24 heavy (non-hydrogen) atoms. The summed E-state index contributed by atoms with van der Waals surface area (Å²) in [6.45, 7) is 2.02. The first-order chi connectivity index (χ1) is 11.7. The van der Waals surface area contributed by atoms with Crippen LogP contribution in [0.1, 0.15) is 5.56 Å². The van der Waals surface area contributed by atoms with Crippen molar-refractivity contribution in [2.45, 2.75) is 6.92 Å². The summed E-state index contributed by atoms with van der Waals surface area (Å²) in [6.07, 6.45) is 1.65. The molecule has 0 aliphatic carbocycles. The highest BCUT2D eigenvalue weighted by Crippen LogP contribution is 2.30. The Labute approximate surface area is 143 Å². The van der Waals surface area contributed by atoms with Gasteiger partial charge in [-0.3, -0.25) is 4.40 Å². The topological polar surface area (TPSA) is 64.3 Å². The van der Waals surface area contributed by atoms with Gasteiger partial charge in [0.25, 0.3) is 0 Å². The average molecular weight is 340 g/mol. The van der Waals surface area contributed by atoms with Gasteiger partial charge in [0, 0.05) is 5.02 Å². The molecular weight excluding hydrogens is 326 g/mol. The molecule has 2 aromatic carbocycles. The molecule has 2 aromatic heterocycles. The molecule has 2 heterocycles. The summed E-state index contributed by atoms with van der Waals surface area (Å²) < 4.78 is 7.28. The number of nitrogens with one attached hydrogen (secondary N) is 1. The van der Waals surface area contributed by atoms with E-state index in [1.54, 1.807) is 13.4 Å². The Morgan fingerprint density at radius 3 is 2.88 bits per heavy atom. The molecule has 6 nitrogen and oxygen atoms in total. The van der Waals surface area contributed by atoms with Crippen LogP contribution < -0.4 is 10.1 Å². The summed E-state index contributed by atoms with van der Waals surface area (Å²) in [5.41, 5.74) is 4.20. The van der Waals surface area contributed by atoms with Crippen LogP contribution in [0.3, 0.4) is 0 Å². The van der Waals surface area contributed by atoms with Gasteiger partial charge in [-0.05, 0) is 42.8 Å². The second kappa shape index (κ2) is 5.65. The summed E-state index contributed by atoms with van der Waals surface area (Å²) in [7, 11) is 1.64. The van der Waals surface area contributed by atoms with Crippen molar-refractivity contribution in [3.05, 3.63) is 53.3 Å². The third-order valence-electron chi connectivity index (χ3n) is 3.80. The molecule has 4 aromatic rings. The maximum absolute atomic E-state index is 6.10. The number of anilines is 2. The minimum absolute atomic E-state index is 0.603. The van der Waals surface area contributed by atoms with E-state index in [-0.39, 0.29) is 0 Å². The number of rotatable bonds is 3. The molecule has 120 valence electrons. The first-order valence-electron chi connectivity index (χ1n) is 7.36. The molecule has 0 spiro atoms. The van der Waals surface area contributed by atoms with Gasteiger partial charge in [-0.15, -0.1) is 10.2 Å². The lowest BCUT2D eigenvalue weighted by molar-refractivity contribution is 0.416. The third-order valence-corrected chi connectivity index (χ3v) is 4.03. The number of benzene rings is 2. The minimum Gasteiger partial charge on any atom is -0.495 e. The molecule has 0 saturated heterocycles. The van der Waals surface area contributed by atoms with Gasteiger partial charge in [-0.2, -0.15) is 0 Å². The lowest BCUT2D eigenvalue weighted by Gasteiger charge is -2.13. The maximum Gasteiger partial charge on any atom is 0.204 e. The fourth-order valence-electron chi connectivity index (χ4n) is 2.66. The van der Waals surface area contributed by atoms with Crippen molar-refractivity contribution in [2.24, 2.45) is 0 Å². The van der Waals surface area contributed by atoms with Gasteiger partial charge >= 0.3 is 0 Å². The summed E-state index contributed by atoms with van der Waals surface area (Å²) >= 11 is 6.10. The van der Waals surface area contributed by atoms with Gasteiger partial charge in [-0.1, -0.05) is 17.7 Å². The summed E-state index contributed by atoms with van der Waals surface area (Å²) in [4.78, 5) is 4.67. The highest BCUT2D eigenvalue weighted by molar-refractivity contribution is 6.31. The summed E-state index contributed by atoms with van der Waals surface area (Å²) in [5.74, 6) is 1.34. The van der Waals surface area contributed by atoms with E-state index in [2.05, 4.69) is 20.5 Å². The smallest absolute Gasteiger partial charge is 0.204 e. The summed E-state index contributed by atoms with van der Waals surface area (Å²) in [6, 6.07) is 11.4. The highest BCUT2D eigenvalue weighted by atomic mass is 35.5. The molecule has 0 fully saturated rings. The number of hydrogen-bond donors (Lipinski definition) is 1. The molecule has 0 radical (unpaired) electrons. The Hall–Kier alpha value is -2.86. The second-order valence-electron chi connectivity index (χ2n) is 5.45. The van der Waals surface area contributed by atoms with E-state index in [4.69, 9.17) is 16.3 Å². The van der Waals surface area contributed by atoms with Crippen molar-refractivity contribution < 1.29 is 4.74 Å². The number of methoxy groups -OCH3 is 1. The normalized spacial score (nSPS) is 11.1. The molecule has 0 unspecified atom stereocenters.